The average molecular weight is 671 g/mol. The molecule has 0 amide bonds. The molecule has 6 nitrogen and oxygen atoms in total. The van der Waals surface area contributed by atoms with Crippen molar-refractivity contribution in [1.29, 1.82) is 0 Å². The molecule has 2 aromatic heterocycles. The van der Waals surface area contributed by atoms with Crippen LogP contribution < -0.4 is 0 Å². The topological polar surface area (TPSA) is 78.4 Å². The van der Waals surface area contributed by atoms with Crippen LogP contribution in [-0.2, 0) is 34.7 Å². The number of pyridine rings is 2. The number of hydrogen-bond acceptors (Lipinski definition) is 8. The Bertz CT molecular complexity index is 685. The van der Waals surface area contributed by atoms with Crippen molar-refractivity contribution >= 4 is 79.3 Å². The third-order valence-corrected chi connectivity index (χ3v) is 3.11. The average Bonchev–Trinajstić information content (AvgIpc) is 2.63. The van der Waals surface area contributed by atoms with Crippen molar-refractivity contribution in [1.82, 2.24) is 9.97 Å². The first-order valence-electron chi connectivity index (χ1n) is 8.25. The van der Waals surface area contributed by atoms with Crippen LogP contribution in [0, 0.1) is 0 Å². The number of hydrogen-bond donors (Lipinski definition) is 0. The molecule has 0 radical (unpaired) electrons. The number of carbonyl (C=O) groups excluding carboxylic acids is 2. The molecule has 2 aromatic rings. The number of ether oxygens (including phenoxy) is 2. The van der Waals surface area contributed by atoms with Crippen molar-refractivity contribution in [2.24, 2.45) is 0 Å². The Morgan fingerprint density at radius 2 is 1.14 bits per heavy atom. The summed E-state index contributed by atoms with van der Waals surface area (Å²) in [7, 11) is 0. The molecular weight excluding hydrogens is 651 g/mol. The summed E-state index contributed by atoms with van der Waals surface area (Å²) in [6.45, 7) is 7.19. The Morgan fingerprint density at radius 3 is 1.34 bits per heavy atom. The molecular formula is C18H20Br2N2O4S2Sn. The molecule has 0 unspecified atom stereocenters. The van der Waals surface area contributed by atoms with Gasteiger partial charge in [-0.25, -0.2) is 9.59 Å². The first-order chi connectivity index (χ1) is 13.6. The zero-order valence-electron chi connectivity index (χ0n) is 16.2. The second-order valence-electron chi connectivity index (χ2n) is 5.75. The third kappa shape index (κ3) is 14.1. The predicted molar refractivity (Wildman–Crippen MR) is 124 cm³/mol. The molecule has 0 aliphatic carbocycles. The fraction of sp³-hybridized carbons (Fsp3) is 0.333. The maximum absolute atomic E-state index is 11.3. The van der Waals surface area contributed by atoms with E-state index in [1.54, 1.807) is 52.0 Å². The van der Waals surface area contributed by atoms with E-state index >= 15 is 0 Å². The molecule has 29 heavy (non-hydrogen) atoms. The zero-order valence-corrected chi connectivity index (χ0v) is 23.9. The molecule has 2 heterocycles. The summed E-state index contributed by atoms with van der Waals surface area (Å²) in [6.07, 6.45) is 2.62. The Labute approximate surface area is 204 Å². The molecule has 156 valence electrons. The van der Waals surface area contributed by atoms with Gasteiger partial charge in [-0.3, -0.25) is 9.97 Å². The summed E-state index contributed by atoms with van der Waals surface area (Å²) >= 11 is 15.9. The summed E-state index contributed by atoms with van der Waals surface area (Å²) in [5, 5.41) is 0.946. The van der Waals surface area contributed by atoms with Gasteiger partial charge in [0.2, 0.25) is 0 Å². The summed E-state index contributed by atoms with van der Waals surface area (Å²) in [6, 6.07) is 6.43. The van der Waals surface area contributed by atoms with Gasteiger partial charge in [-0.1, -0.05) is 22.2 Å². The van der Waals surface area contributed by atoms with Crippen LogP contribution in [0.3, 0.4) is 0 Å². The Morgan fingerprint density at radius 1 is 0.828 bits per heavy atom. The molecule has 0 bridgehead atoms. The van der Waals surface area contributed by atoms with Gasteiger partial charge in [-0.2, -0.15) is 0 Å². The van der Waals surface area contributed by atoms with Crippen molar-refractivity contribution < 1.29 is 19.1 Å². The summed E-state index contributed by atoms with van der Waals surface area (Å²) in [4.78, 5) is 30.2. The van der Waals surface area contributed by atoms with Crippen LogP contribution >= 0.6 is 25.4 Å². The van der Waals surface area contributed by atoms with Crippen LogP contribution in [0.4, 0.5) is 0 Å². The third-order valence-electron chi connectivity index (χ3n) is 2.63. The van der Waals surface area contributed by atoms with Crippen LogP contribution in [0.5, 0.6) is 0 Å². The van der Waals surface area contributed by atoms with Gasteiger partial charge in [0.25, 0.3) is 0 Å². The van der Waals surface area contributed by atoms with E-state index in [0.29, 0.717) is 21.2 Å². The first-order valence-corrected chi connectivity index (χ1v) is 21.9. The van der Waals surface area contributed by atoms with Crippen LogP contribution in [0.2, 0.25) is 0 Å². The van der Waals surface area contributed by atoms with Crippen LogP contribution in [0.15, 0.2) is 46.7 Å². The van der Waals surface area contributed by atoms with Crippen molar-refractivity contribution in [3.8, 4) is 0 Å². The van der Waals surface area contributed by atoms with Gasteiger partial charge >= 0.3 is 54.0 Å². The Kier molecular flexibility index (Phi) is 15.9. The second-order valence-corrected chi connectivity index (χ2v) is 19.5. The monoisotopic (exact) mass is 670 g/mol. The summed E-state index contributed by atoms with van der Waals surface area (Å²) in [5.74, 6) is -0.727. The van der Waals surface area contributed by atoms with E-state index < -0.39 is 0 Å². The minimum atomic E-state index is -0.363. The molecule has 11 heteroatoms. The summed E-state index contributed by atoms with van der Waals surface area (Å²) in [5.41, 5.74) is 0.865. The van der Waals surface area contributed by atoms with Crippen molar-refractivity contribution in [2.75, 3.05) is 0 Å². The van der Waals surface area contributed by atoms with E-state index in [4.69, 9.17) is 34.7 Å². The van der Waals surface area contributed by atoms with Gasteiger partial charge in [0.1, 0.15) is 0 Å². The second kappa shape index (κ2) is 16.2. The molecule has 0 aliphatic rings. The van der Waals surface area contributed by atoms with Gasteiger partial charge in [-0.15, -0.1) is 0 Å². The van der Waals surface area contributed by atoms with E-state index in [1.165, 1.54) is 12.4 Å². The molecule has 0 N–H and O–H groups in total. The molecule has 2 rings (SSSR count). The van der Waals surface area contributed by atoms with Crippen LogP contribution in [0.1, 0.15) is 48.4 Å². The van der Waals surface area contributed by atoms with E-state index in [1.807, 2.05) is 0 Å². The number of halogens is 2. The number of esters is 2. The standard InChI is InChI=1S/2C9H11NO2S.2BrH.Sn/c2*1-6(2)12-9(11)7-3-4-8(13)10-5-7;;;/h2*3-6H,1-2H3,(H,10,13);2*1H;/q;;;;+4/p-4. The molecule has 0 aliphatic heterocycles. The van der Waals surface area contributed by atoms with E-state index in [9.17, 15) is 9.59 Å². The first kappa shape index (κ1) is 28.4. The molecule has 0 spiro atoms. The molecule has 0 saturated carbocycles. The predicted octanol–water partition coefficient (Wildman–Crippen LogP) is 4.42. The minimum absolute atomic E-state index is 0.115. The normalized spacial score (nSPS) is 9.38. The van der Waals surface area contributed by atoms with Gasteiger partial charge in [0.05, 0.1) is 23.3 Å². The van der Waals surface area contributed by atoms with E-state index in [2.05, 4.69) is 35.4 Å². The van der Waals surface area contributed by atoms with E-state index in [0.717, 1.165) is 0 Å². The van der Waals surface area contributed by atoms with Gasteiger partial charge in [-0.05, 0) is 39.8 Å². The van der Waals surface area contributed by atoms with Gasteiger partial charge in [0.15, 0.2) is 0 Å². The fourth-order valence-corrected chi connectivity index (χ4v) is 1.81. The fourth-order valence-electron chi connectivity index (χ4n) is 1.57. The van der Waals surface area contributed by atoms with Crippen LogP contribution in [-0.4, -0.2) is 50.8 Å². The molecule has 0 atom stereocenters. The van der Waals surface area contributed by atoms with Gasteiger partial charge < -0.3 is 34.7 Å². The van der Waals surface area contributed by atoms with Crippen LogP contribution in [0.25, 0.3) is 0 Å². The molecule has 0 saturated heterocycles. The number of rotatable bonds is 4. The maximum atomic E-state index is 11.3. The number of nitrogens with zero attached hydrogens (tertiary/aromatic N) is 2. The van der Waals surface area contributed by atoms with Gasteiger partial charge in [0, 0.05) is 12.4 Å². The SMILES string of the molecule is CC(C)OC(=O)c1ccc([S-])nc1.CC(C)OC(=O)c1ccc([S-])nc1.[Br][Sn+2][Br]. The zero-order chi connectivity index (χ0) is 22.4. The van der Waals surface area contributed by atoms with Crippen molar-refractivity contribution in [2.45, 2.75) is 50.0 Å². The van der Waals surface area contributed by atoms with Crippen molar-refractivity contribution in [3.63, 3.8) is 0 Å². The Hall–Kier alpha value is -0.561. The van der Waals surface area contributed by atoms with Crippen molar-refractivity contribution in [3.05, 3.63) is 47.8 Å². The molecule has 0 fully saturated rings. The number of aromatic nitrogens is 2. The van der Waals surface area contributed by atoms with E-state index in [-0.39, 0.29) is 40.8 Å². The summed E-state index contributed by atoms with van der Waals surface area (Å²) < 4.78 is 9.93. The quantitative estimate of drug-likeness (QED) is 0.269. The Balaban J connectivity index is 0.000000477. The molecule has 0 aromatic carbocycles. The number of carbonyl (C=O) groups is 2.